The molecule has 122 valence electrons. The summed E-state index contributed by atoms with van der Waals surface area (Å²) >= 11 is 0. The molecule has 2 aromatic carbocycles. The van der Waals surface area contributed by atoms with Crippen LogP contribution < -0.4 is 9.64 Å². The predicted molar refractivity (Wildman–Crippen MR) is 92.0 cm³/mol. The number of nitriles is 1. The van der Waals surface area contributed by atoms with E-state index in [0.29, 0.717) is 17.0 Å². The van der Waals surface area contributed by atoms with Crippen molar-refractivity contribution < 1.29 is 9.53 Å². The maximum atomic E-state index is 12.9. The number of ether oxygens (including phenoxy) is 1. The minimum Gasteiger partial charge on any atom is -0.495 e. The van der Waals surface area contributed by atoms with Gasteiger partial charge in [-0.25, -0.2) is 0 Å². The number of hydrogen-bond acceptors (Lipinski definition) is 4. The fraction of sp³-hybridized carbons (Fsp3) is 0.263. The number of benzene rings is 2. The molecule has 0 saturated heterocycles. The van der Waals surface area contributed by atoms with Gasteiger partial charge < -0.3 is 9.64 Å². The summed E-state index contributed by atoms with van der Waals surface area (Å²) in [6.45, 7) is 0.758. The highest BCUT2D eigenvalue weighted by molar-refractivity contribution is 6.12. The molecule has 0 saturated carbocycles. The zero-order valence-corrected chi connectivity index (χ0v) is 14.0. The number of para-hydroxylation sites is 2. The summed E-state index contributed by atoms with van der Waals surface area (Å²) in [5.41, 5.74) is 3.03. The van der Waals surface area contributed by atoms with Crippen molar-refractivity contribution in [3.8, 4) is 11.8 Å². The molecular weight excluding hydrogens is 302 g/mol. The predicted octanol–water partition coefficient (Wildman–Crippen LogP) is 2.98. The van der Waals surface area contributed by atoms with Gasteiger partial charge in [0, 0.05) is 17.7 Å². The Bertz CT molecular complexity index is 824. The Kier molecular flexibility index (Phi) is 4.24. The van der Waals surface area contributed by atoms with Crippen LogP contribution in [0.5, 0.6) is 5.75 Å². The van der Waals surface area contributed by atoms with Crippen molar-refractivity contribution in [1.82, 2.24) is 4.90 Å². The Hall–Kier alpha value is -2.84. The van der Waals surface area contributed by atoms with Crippen LogP contribution in [0, 0.1) is 11.3 Å². The number of carbonyl (C=O) groups is 1. The third kappa shape index (κ3) is 2.61. The van der Waals surface area contributed by atoms with Crippen molar-refractivity contribution in [2.45, 2.75) is 12.6 Å². The third-order valence-corrected chi connectivity index (χ3v) is 4.08. The molecular formula is C19H19N3O2. The van der Waals surface area contributed by atoms with Gasteiger partial charge in [0.15, 0.2) is 6.04 Å². The van der Waals surface area contributed by atoms with Crippen LogP contribution in [-0.2, 0) is 6.54 Å². The summed E-state index contributed by atoms with van der Waals surface area (Å²) in [4.78, 5) is 16.4. The van der Waals surface area contributed by atoms with Gasteiger partial charge in [-0.3, -0.25) is 9.69 Å². The van der Waals surface area contributed by atoms with E-state index in [2.05, 4.69) is 11.0 Å². The van der Waals surface area contributed by atoms with Gasteiger partial charge in [0.2, 0.25) is 0 Å². The number of anilines is 1. The molecule has 1 unspecified atom stereocenters. The first-order valence-corrected chi connectivity index (χ1v) is 7.70. The summed E-state index contributed by atoms with van der Waals surface area (Å²) in [6, 6.07) is 14.6. The van der Waals surface area contributed by atoms with Crippen LogP contribution in [0.15, 0.2) is 42.5 Å². The Balaban J connectivity index is 2.08. The van der Waals surface area contributed by atoms with Crippen LogP contribution in [0.1, 0.15) is 27.5 Å². The number of hydrogen-bond donors (Lipinski definition) is 0. The molecule has 24 heavy (non-hydrogen) atoms. The molecule has 0 radical (unpaired) electrons. The van der Waals surface area contributed by atoms with E-state index < -0.39 is 6.04 Å². The molecule has 0 fully saturated rings. The molecule has 1 amide bonds. The fourth-order valence-corrected chi connectivity index (χ4v) is 3.09. The van der Waals surface area contributed by atoms with Crippen molar-refractivity contribution in [2.75, 3.05) is 26.1 Å². The van der Waals surface area contributed by atoms with E-state index in [1.807, 2.05) is 44.4 Å². The number of rotatable bonds is 4. The lowest BCUT2D eigenvalue weighted by atomic mass is 10.0. The lowest BCUT2D eigenvalue weighted by molar-refractivity contribution is 0.0993. The largest absolute Gasteiger partial charge is 0.495 e. The van der Waals surface area contributed by atoms with E-state index in [4.69, 9.17) is 4.74 Å². The summed E-state index contributed by atoms with van der Waals surface area (Å²) in [5.74, 6) is 0.407. The second kappa shape index (κ2) is 6.34. The van der Waals surface area contributed by atoms with E-state index in [0.717, 1.165) is 17.7 Å². The number of amides is 1. The van der Waals surface area contributed by atoms with Crippen LogP contribution in [0.25, 0.3) is 0 Å². The zero-order valence-electron chi connectivity index (χ0n) is 14.0. The van der Waals surface area contributed by atoms with E-state index in [-0.39, 0.29) is 5.91 Å². The highest BCUT2D eigenvalue weighted by atomic mass is 16.5. The smallest absolute Gasteiger partial charge is 0.260 e. The first-order valence-electron chi connectivity index (χ1n) is 7.70. The lowest BCUT2D eigenvalue weighted by Gasteiger charge is -2.22. The van der Waals surface area contributed by atoms with E-state index in [1.165, 1.54) is 4.90 Å². The Morgan fingerprint density at radius 2 is 2.00 bits per heavy atom. The van der Waals surface area contributed by atoms with Crippen molar-refractivity contribution >= 4 is 11.6 Å². The molecule has 1 atom stereocenters. The van der Waals surface area contributed by atoms with Gasteiger partial charge in [0.1, 0.15) is 5.75 Å². The molecule has 2 aromatic rings. The molecule has 1 aliphatic heterocycles. The molecule has 3 rings (SSSR count). The van der Waals surface area contributed by atoms with Crippen LogP contribution in [-0.4, -0.2) is 32.0 Å². The number of carbonyl (C=O) groups excluding carboxylic acids is 1. The van der Waals surface area contributed by atoms with Gasteiger partial charge >= 0.3 is 0 Å². The van der Waals surface area contributed by atoms with Gasteiger partial charge in [-0.1, -0.05) is 24.3 Å². The number of fused-ring (bicyclic) bond motifs is 1. The molecule has 1 heterocycles. The van der Waals surface area contributed by atoms with Gasteiger partial charge in [0.25, 0.3) is 5.91 Å². The zero-order chi connectivity index (χ0) is 17.3. The van der Waals surface area contributed by atoms with Gasteiger partial charge in [0.05, 0.1) is 18.9 Å². The summed E-state index contributed by atoms with van der Waals surface area (Å²) in [7, 11) is 5.53. The maximum absolute atomic E-state index is 12.9. The first kappa shape index (κ1) is 16.0. The fourth-order valence-electron chi connectivity index (χ4n) is 3.09. The standard InChI is InChI=1S/C19H19N3O2/c1-21(2)12-13-8-9-14-15(10-13)17(11-20)22(19(14)23)16-6-4-5-7-18(16)24-3/h4-10,17H,12H2,1-3H3. The molecule has 1 aliphatic rings. The maximum Gasteiger partial charge on any atom is 0.260 e. The van der Waals surface area contributed by atoms with Crippen molar-refractivity contribution in [3.63, 3.8) is 0 Å². The van der Waals surface area contributed by atoms with E-state index in [1.54, 1.807) is 19.2 Å². The highest BCUT2D eigenvalue weighted by Crippen LogP contribution is 2.41. The quantitative estimate of drug-likeness (QED) is 0.869. The Labute approximate surface area is 141 Å². The van der Waals surface area contributed by atoms with Crippen molar-refractivity contribution in [2.24, 2.45) is 0 Å². The SMILES string of the molecule is COc1ccccc1N1C(=O)c2ccc(CN(C)C)cc2C1C#N. The Morgan fingerprint density at radius 1 is 1.25 bits per heavy atom. The molecule has 5 heteroatoms. The average Bonchev–Trinajstić information content (AvgIpc) is 2.85. The summed E-state index contributed by atoms with van der Waals surface area (Å²) in [6.07, 6.45) is 0. The second-order valence-electron chi connectivity index (χ2n) is 6.04. The van der Waals surface area contributed by atoms with Crippen LogP contribution in [0.4, 0.5) is 5.69 Å². The second-order valence-corrected chi connectivity index (χ2v) is 6.04. The molecule has 0 bridgehead atoms. The monoisotopic (exact) mass is 321 g/mol. The van der Waals surface area contributed by atoms with Crippen LogP contribution >= 0.6 is 0 Å². The lowest BCUT2D eigenvalue weighted by Crippen LogP contribution is -2.27. The van der Waals surface area contributed by atoms with Crippen LogP contribution in [0.2, 0.25) is 0 Å². The topological polar surface area (TPSA) is 56.6 Å². The summed E-state index contributed by atoms with van der Waals surface area (Å²) in [5, 5.41) is 9.70. The van der Waals surface area contributed by atoms with Gasteiger partial charge in [-0.05, 0) is 37.9 Å². The number of methoxy groups -OCH3 is 1. The van der Waals surface area contributed by atoms with Gasteiger partial charge in [-0.2, -0.15) is 5.26 Å². The third-order valence-electron chi connectivity index (χ3n) is 4.08. The van der Waals surface area contributed by atoms with E-state index >= 15 is 0 Å². The molecule has 0 aliphatic carbocycles. The van der Waals surface area contributed by atoms with Gasteiger partial charge in [-0.15, -0.1) is 0 Å². The average molecular weight is 321 g/mol. The molecule has 0 aromatic heterocycles. The normalized spacial score (nSPS) is 16.2. The van der Waals surface area contributed by atoms with Crippen LogP contribution in [0.3, 0.4) is 0 Å². The first-order chi connectivity index (χ1) is 11.6. The molecule has 0 N–H and O–H groups in total. The Morgan fingerprint density at radius 3 is 2.67 bits per heavy atom. The van der Waals surface area contributed by atoms with Crippen molar-refractivity contribution in [3.05, 3.63) is 59.2 Å². The minimum absolute atomic E-state index is 0.169. The highest BCUT2D eigenvalue weighted by Gasteiger charge is 2.39. The van der Waals surface area contributed by atoms with E-state index in [9.17, 15) is 10.1 Å². The van der Waals surface area contributed by atoms with Crippen molar-refractivity contribution in [1.29, 1.82) is 5.26 Å². The summed E-state index contributed by atoms with van der Waals surface area (Å²) < 4.78 is 5.36. The molecule has 5 nitrogen and oxygen atoms in total. The number of nitrogens with zero attached hydrogens (tertiary/aromatic N) is 3. The minimum atomic E-state index is -0.647. The molecule has 0 spiro atoms.